The van der Waals surface area contributed by atoms with Crippen molar-refractivity contribution >= 4 is 16.9 Å². The lowest BCUT2D eigenvalue weighted by Crippen LogP contribution is -2.49. The van der Waals surface area contributed by atoms with E-state index in [1.54, 1.807) is 30.2 Å². The summed E-state index contributed by atoms with van der Waals surface area (Å²) in [6.07, 6.45) is 0.525. The summed E-state index contributed by atoms with van der Waals surface area (Å²) in [6, 6.07) is 10.5. The fourth-order valence-electron chi connectivity index (χ4n) is 4.32. The molecule has 10 heteroatoms. The van der Waals surface area contributed by atoms with Crippen LogP contribution in [0.5, 0.6) is 0 Å². The number of alkyl halides is 2. The van der Waals surface area contributed by atoms with Crippen LogP contribution >= 0.6 is 0 Å². The highest BCUT2D eigenvalue weighted by Crippen LogP contribution is 2.33. The third-order valence-electron chi connectivity index (χ3n) is 6.04. The van der Waals surface area contributed by atoms with E-state index in [4.69, 9.17) is 4.42 Å². The average molecular weight is 466 g/mol. The zero-order valence-electron chi connectivity index (χ0n) is 18.7. The molecule has 4 aromatic rings. The van der Waals surface area contributed by atoms with Crippen LogP contribution in [0.1, 0.15) is 23.4 Å². The molecule has 0 radical (unpaired) electrons. The van der Waals surface area contributed by atoms with E-state index in [9.17, 15) is 13.6 Å². The van der Waals surface area contributed by atoms with E-state index in [-0.39, 0.29) is 34.7 Å². The zero-order chi connectivity index (χ0) is 23.7. The first-order valence-corrected chi connectivity index (χ1v) is 11.1. The van der Waals surface area contributed by atoms with Crippen molar-refractivity contribution in [3.63, 3.8) is 0 Å². The number of nitrogens with zero attached hydrogens (tertiary/aromatic N) is 6. The maximum Gasteiger partial charge on any atom is 0.264 e. The van der Waals surface area contributed by atoms with Crippen molar-refractivity contribution in [3.05, 3.63) is 65.8 Å². The van der Waals surface area contributed by atoms with E-state index in [2.05, 4.69) is 20.0 Å². The number of carbonyl (C=O) groups excluding carboxylic acids is 1. The second-order valence-electron chi connectivity index (χ2n) is 8.29. The number of carbonyl (C=O) groups is 1. The van der Waals surface area contributed by atoms with Gasteiger partial charge in [-0.2, -0.15) is 5.10 Å². The number of aromatic nitrogens is 4. The van der Waals surface area contributed by atoms with Gasteiger partial charge in [0, 0.05) is 44.5 Å². The van der Waals surface area contributed by atoms with E-state index in [0.29, 0.717) is 24.5 Å². The van der Waals surface area contributed by atoms with Gasteiger partial charge in [-0.1, -0.05) is 6.07 Å². The van der Waals surface area contributed by atoms with Gasteiger partial charge in [0.1, 0.15) is 12.2 Å². The maximum absolute atomic E-state index is 13.9. The molecule has 0 atom stereocenters. The highest BCUT2D eigenvalue weighted by molar-refractivity contribution is 5.86. The van der Waals surface area contributed by atoms with E-state index in [1.807, 2.05) is 18.2 Å². The molecule has 4 aromatic heterocycles. The first-order chi connectivity index (χ1) is 16.5. The summed E-state index contributed by atoms with van der Waals surface area (Å²) in [5.74, 6) is 0.259. The summed E-state index contributed by atoms with van der Waals surface area (Å²) in [4.78, 5) is 26.0. The van der Waals surface area contributed by atoms with Gasteiger partial charge in [0.25, 0.3) is 6.43 Å². The van der Waals surface area contributed by atoms with Gasteiger partial charge in [-0.15, -0.1) is 0 Å². The lowest BCUT2D eigenvalue weighted by atomic mass is 10.1. The minimum Gasteiger partial charge on any atom is -0.463 e. The van der Waals surface area contributed by atoms with Crippen LogP contribution < -0.4 is 0 Å². The molecule has 0 unspecified atom stereocenters. The van der Waals surface area contributed by atoms with Crippen LogP contribution in [-0.2, 0) is 17.9 Å². The molecule has 0 N–H and O–H groups in total. The SMILES string of the molecule is Cc1nn(CC(=O)N2CCN(Cc3ccccn3)CC2)c2nc(-c3ccco3)cc(C(F)F)c12. The van der Waals surface area contributed by atoms with Crippen molar-refractivity contribution in [1.29, 1.82) is 0 Å². The molecule has 5 rings (SSSR count). The van der Waals surface area contributed by atoms with Gasteiger partial charge in [-0.3, -0.25) is 14.7 Å². The Kier molecular flexibility index (Phi) is 6.06. The summed E-state index contributed by atoms with van der Waals surface area (Å²) in [5.41, 5.74) is 1.77. The van der Waals surface area contributed by atoms with Gasteiger partial charge in [-0.25, -0.2) is 18.4 Å². The highest BCUT2D eigenvalue weighted by Gasteiger charge is 2.25. The fourth-order valence-corrected chi connectivity index (χ4v) is 4.32. The van der Waals surface area contributed by atoms with Crippen molar-refractivity contribution in [1.82, 2.24) is 29.5 Å². The van der Waals surface area contributed by atoms with Crippen LogP contribution in [0.3, 0.4) is 0 Å². The molecule has 1 aliphatic rings. The molecule has 1 fully saturated rings. The number of amides is 1. The number of piperazine rings is 1. The molecule has 5 heterocycles. The molecule has 1 amide bonds. The predicted molar refractivity (Wildman–Crippen MR) is 121 cm³/mol. The number of hydrogen-bond acceptors (Lipinski definition) is 6. The Labute approximate surface area is 194 Å². The van der Waals surface area contributed by atoms with Gasteiger partial charge in [0.05, 0.1) is 23.0 Å². The van der Waals surface area contributed by atoms with Crippen LogP contribution in [-0.4, -0.2) is 61.6 Å². The van der Waals surface area contributed by atoms with Gasteiger partial charge in [-0.05, 0) is 37.3 Å². The molecule has 1 saturated heterocycles. The standard InChI is InChI=1S/C24H24F2N6O2/c1-16-22-18(23(25)26)13-19(20-6-4-12-34-20)28-24(22)32(29-16)15-21(33)31-10-8-30(9-11-31)14-17-5-2-3-7-27-17/h2-7,12-13,23H,8-11,14-15H2,1H3. The Morgan fingerprint density at radius 3 is 2.65 bits per heavy atom. The normalized spacial score (nSPS) is 14.9. The van der Waals surface area contributed by atoms with Crippen molar-refractivity contribution in [2.24, 2.45) is 0 Å². The van der Waals surface area contributed by atoms with E-state index >= 15 is 0 Å². The molecule has 8 nitrogen and oxygen atoms in total. The van der Waals surface area contributed by atoms with Crippen LogP contribution in [0.4, 0.5) is 8.78 Å². The molecule has 0 spiro atoms. The maximum atomic E-state index is 13.9. The van der Waals surface area contributed by atoms with E-state index in [1.165, 1.54) is 17.0 Å². The van der Waals surface area contributed by atoms with E-state index in [0.717, 1.165) is 25.3 Å². The number of pyridine rings is 2. The van der Waals surface area contributed by atoms with Gasteiger partial charge in [0.2, 0.25) is 5.91 Å². The first-order valence-electron chi connectivity index (χ1n) is 11.1. The lowest BCUT2D eigenvalue weighted by Gasteiger charge is -2.34. The van der Waals surface area contributed by atoms with Gasteiger partial charge >= 0.3 is 0 Å². The molecule has 0 bridgehead atoms. The quantitative estimate of drug-likeness (QED) is 0.431. The van der Waals surface area contributed by atoms with Gasteiger partial charge < -0.3 is 9.32 Å². The second kappa shape index (κ2) is 9.30. The Hall–Kier alpha value is -3.66. The minimum atomic E-state index is -2.71. The molecular formula is C24H24F2N6O2. The Morgan fingerprint density at radius 1 is 1.15 bits per heavy atom. The molecule has 34 heavy (non-hydrogen) atoms. The second-order valence-corrected chi connectivity index (χ2v) is 8.29. The predicted octanol–water partition coefficient (Wildman–Crippen LogP) is 3.68. The molecule has 0 aromatic carbocycles. The number of fused-ring (bicyclic) bond motifs is 1. The summed E-state index contributed by atoms with van der Waals surface area (Å²) in [6.45, 7) is 4.95. The Morgan fingerprint density at radius 2 is 1.97 bits per heavy atom. The number of halogens is 2. The Balaban J connectivity index is 1.34. The third-order valence-corrected chi connectivity index (χ3v) is 6.04. The van der Waals surface area contributed by atoms with Crippen molar-refractivity contribution in [2.45, 2.75) is 26.4 Å². The largest absolute Gasteiger partial charge is 0.463 e. The van der Waals surface area contributed by atoms with Crippen LogP contribution in [0.25, 0.3) is 22.5 Å². The van der Waals surface area contributed by atoms with Gasteiger partial charge in [0.15, 0.2) is 11.4 Å². The smallest absolute Gasteiger partial charge is 0.264 e. The van der Waals surface area contributed by atoms with Crippen molar-refractivity contribution < 1.29 is 18.0 Å². The molecular weight excluding hydrogens is 442 g/mol. The topological polar surface area (TPSA) is 80.3 Å². The third kappa shape index (κ3) is 4.41. The van der Waals surface area contributed by atoms with Crippen molar-refractivity contribution in [3.8, 4) is 11.5 Å². The van der Waals surface area contributed by atoms with Crippen LogP contribution in [0.15, 0.2) is 53.3 Å². The van der Waals surface area contributed by atoms with Crippen molar-refractivity contribution in [2.75, 3.05) is 26.2 Å². The molecule has 0 aliphatic carbocycles. The Bertz CT molecular complexity index is 1280. The summed E-state index contributed by atoms with van der Waals surface area (Å²) < 4.78 is 34.5. The molecule has 1 aliphatic heterocycles. The molecule has 0 saturated carbocycles. The summed E-state index contributed by atoms with van der Waals surface area (Å²) >= 11 is 0. The van der Waals surface area contributed by atoms with Crippen LogP contribution in [0.2, 0.25) is 0 Å². The highest BCUT2D eigenvalue weighted by atomic mass is 19.3. The number of rotatable bonds is 6. The monoisotopic (exact) mass is 466 g/mol. The number of hydrogen-bond donors (Lipinski definition) is 0. The number of furan rings is 1. The fraction of sp³-hybridized carbons (Fsp3) is 0.333. The lowest BCUT2D eigenvalue weighted by molar-refractivity contribution is -0.133. The first kappa shape index (κ1) is 22.1. The summed E-state index contributed by atoms with van der Waals surface area (Å²) in [7, 11) is 0. The van der Waals surface area contributed by atoms with E-state index < -0.39 is 6.43 Å². The summed E-state index contributed by atoms with van der Waals surface area (Å²) in [5, 5.41) is 4.66. The average Bonchev–Trinajstić information content (AvgIpc) is 3.48. The molecule has 176 valence electrons. The van der Waals surface area contributed by atoms with Crippen LogP contribution in [0, 0.1) is 6.92 Å². The number of aryl methyl sites for hydroxylation is 1. The minimum absolute atomic E-state index is 0.0676. The zero-order valence-corrected chi connectivity index (χ0v) is 18.7.